The normalized spacial score (nSPS) is 11.8. The van der Waals surface area contributed by atoms with E-state index in [1.165, 1.54) is 21.5 Å². The molecule has 0 fully saturated rings. The van der Waals surface area contributed by atoms with Gasteiger partial charge in [-0.1, -0.05) is 71.7 Å². The van der Waals surface area contributed by atoms with Crippen molar-refractivity contribution in [2.24, 2.45) is 0 Å². The van der Waals surface area contributed by atoms with E-state index in [9.17, 15) is 0 Å². The first-order chi connectivity index (χ1) is 16.7. The maximum Gasteiger partial charge on any atom is 0.0555 e. The second-order valence-corrected chi connectivity index (χ2v) is 9.42. The van der Waals surface area contributed by atoms with Crippen molar-refractivity contribution in [2.45, 2.75) is 0 Å². The lowest BCUT2D eigenvalue weighted by atomic mass is 10.2. The van der Waals surface area contributed by atoms with Crippen LogP contribution in [0.3, 0.4) is 0 Å². The molecule has 162 valence electrons. The summed E-state index contributed by atoms with van der Waals surface area (Å²) in [6.07, 6.45) is 0. The minimum Gasteiger partial charge on any atom is -0.309 e. The standard InChI is InChI=1S/C30H18Cl2N2/c31-19-9-15-25-23-5-1-3-7-27(23)33(29(25)17-19)21-11-13-22(14-12-21)34-28-8-4-2-6-24(28)26-16-10-20(32)18-30(26)34/h1-18H. The summed E-state index contributed by atoms with van der Waals surface area (Å²) in [5.41, 5.74) is 6.72. The number of fused-ring (bicyclic) bond motifs is 6. The van der Waals surface area contributed by atoms with Gasteiger partial charge in [0, 0.05) is 43.0 Å². The van der Waals surface area contributed by atoms with Crippen molar-refractivity contribution in [2.75, 3.05) is 0 Å². The van der Waals surface area contributed by atoms with E-state index in [1.54, 1.807) is 0 Å². The van der Waals surface area contributed by atoms with Crippen molar-refractivity contribution in [1.29, 1.82) is 0 Å². The van der Waals surface area contributed by atoms with Crippen LogP contribution in [0.25, 0.3) is 55.0 Å². The summed E-state index contributed by atoms with van der Waals surface area (Å²) in [6, 6.07) is 37.9. The van der Waals surface area contributed by atoms with Gasteiger partial charge in [0.2, 0.25) is 0 Å². The maximum absolute atomic E-state index is 6.39. The topological polar surface area (TPSA) is 9.86 Å². The van der Waals surface area contributed by atoms with E-state index in [0.29, 0.717) is 0 Å². The molecule has 34 heavy (non-hydrogen) atoms. The molecule has 0 aliphatic rings. The molecule has 0 amide bonds. The molecule has 2 heterocycles. The van der Waals surface area contributed by atoms with Gasteiger partial charge in [0.25, 0.3) is 0 Å². The highest BCUT2D eigenvalue weighted by molar-refractivity contribution is 6.32. The van der Waals surface area contributed by atoms with Gasteiger partial charge in [-0.05, 0) is 60.7 Å². The Labute approximate surface area is 206 Å². The zero-order valence-electron chi connectivity index (χ0n) is 18.0. The van der Waals surface area contributed by atoms with Gasteiger partial charge in [0.05, 0.1) is 22.1 Å². The van der Waals surface area contributed by atoms with Gasteiger partial charge in [0.1, 0.15) is 0 Å². The van der Waals surface area contributed by atoms with Crippen LogP contribution in [-0.4, -0.2) is 9.13 Å². The fourth-order valence-corrected chi connectivity index (χ4v) is 5.53. The smallest absolute Gasteiger partial charge is 0.0555 e. The summed E-state index contributed by atoms with van der Waals surface area (Å²) in [7, 11) is 0. The van der Waals surface area contributed by atoms with Crippen molar-refractivity contribution in [3.8, 4) is 11.4 Å². The van der Waals surface area contributed by atoms with E-state index in [2.05, 4.69) is 94.1 Å². The van der Waals surface area contributed by atoms with Crippen LogP contribution in [0.2, 0.25) is 10.0 Å². The minimum atomic E-state index is 0.732. The second-order valence-electron chi connectivity index (χ2n) is 8.54. The largest absolute Gasteiger partial charge is 0.309 e. The third-order valence-electron chi connectivity index (χ3n) is 6.64. The van der Waals surface area contributed by atoms with Crippen LogP contribution < -0.4 is 0 Å². The minimum absolute atomic E-state index is 0.732. The Kier molecular flexibility index (Phi) is 4.29. The second kappa shape index (κ2) is 7.39. The van der Waals surface area contributed by atoms with Gasteiger partial charge < -0.3 is 9.13 Å². The molecule has 7 aromatic rings. The molecule has 2 nitrogen and oxygen atoms in total. The van der Waals surface area contributed by atoms with E-state index in [1.807, 2.05) is 24.3 Å². The van der Waals surface area contributed by atoms with E-state index in [-0.39, 0.29) is 0 Å². The predicted molar refractivity (Wildman–Crippen MR) is 145 cm³/mol. The van der Waals surface area contributed by atoms with Gasteiger partial charge in [-0.3, -0.25) is 0 Å². The third-order valence-corrected chi connectivity index (χ3v) is 7.11. The molecule has 0 unspecified atom stereocenters. The van der Waals surface area contributed by atoms with Gasteiger partial charge in [0.15, 0.2) is 0 Å². The van der Waals surface area contributed by atoms with E-state index >= 15 is 0 Å². The van der Waals surface area contributed by atoms with Crippen molar-refractivity contribution >= 4 is 66.8 Å². The van der Waals surface area contributed by atoms with Crippen molar-refractivity contribution in [3.63, 3.8) is 0 Å². The summed E-state index contributed by atoms with van der Waals surface area (Å²) < 4.78 is 4.56. The Morgan fingerprint density at radius 2 is 0.765 bits per heavy atom. The molecule has 4 heteroatoms. The summed E-state index contributed by atoms with van der Waals surface area (Å²) in [5, 5.41) is 6.29. The van der Waals surface area contributed by atoms with Crippen LogP contribution in [-0.2, 0) is 0 Å². The number of halogens is 2. The summed E-state index contributed by atoms with van der Waals surface area (Å²) in [6.45, 7) is 0. The first-order valence-corrected chi connectivity index (χ1v) is 11.9. The number of nitrogens with zero attached hydrogens (tertiary/aromatic N) is 2. The highest BCUT2D eigenvalue weighted by Crippen LogP contribution is 2.36. The van der Waals surface area contributed by atoms with Gasteiger partial charge in [-0.25, -0.2) is 0 Å². The number of para-hydroxylation sites is 2. The first-order valence-electron chi connectivity index (χ1n) is 11.2. The highest BCUT2D eigenvalue weighted by Gasteiger charge is 2.15. The lowest BCUT2D eigenvalue weighted by molar-refractivity contribution is 1.14. The molecule has 0 aliphatic heterocycles. The van der Waals surface area contributed by atoms with Crippen LogP contribution in [0.1, 0.15) is 0 Å². The number of benzene rings is 5. The molecule has 7 rings (SSSR count). The van der Waals surface area contributed by atoms with Crippen LogP contribution in [0.5, 0.6) is 0 Å². The first kappa shape index (κ1) is 19.7. The predicted octanol–water partition coefficient (Wildman–Crippen LogP) is 9.19. The number of rotatable bonds is 2. The quantitative estimate of drug-likeness (QED) is 0.235. The molecule has 0 bridgehead atoms. The molecule has 5 aromatic carbocycles. The number of aromatic nitrogens is 2. The zero-order valence-corrected chi connectivity index (χ0v) is 19.6. The van der Waals surface area contributed by atoms with Crippen molar-refractivity contribution < 1.29 is 0 Å². The maximum atomic E-state index is 6.39. The Morgan fingerprint density at radius 1 is 0.382 bits per heavy atom. The summed E-state index contributed by atoms with van der Waals surface area (Å²) in [5.74, 6) is 0. The Bertz CT molecular complexity index is 1740. The lowest BCUT2D eigenvalue weighted by Gasteiger charge is -2.12. The molecule has 0 N–H and O–H groups in total. The van der Waals surface area contributed by atoms with Gasteiger partial charge in [-0.15, -0.1) is 0 Å². The number of hydrogen-bond acceptors (Lipinski definition) is 0. The van der Waals surface area contributed by atoms with Crippen LogP contribution in [0.4, 0.5) is 0 Å². The summed E-state index contributed by atoms with van der Waals surface area (Å²) in [4.78, 5) is 0. The molecule has 0 saturated heterocycles. The Balaban J connectivity index is 1.47. The average Bonchev–Trinajstić information content (AvgIpc) is 3.36. The molecular formula is C30H18Cl2N2. The average molecular weight is 477 g/mol. The van der Waals surface area contributed by atoms with Gasteiger partial charge >= 0.3 is 0 Å². The third kappa shape index (κ3) is 2.83. The number of hydrogen-bond donors (Lipinski definition) is 0. The van der Waals surface area contributed by atoms with E-state index < -0.39 is 0 Å². The van der Waals surface area contributed by atoms with Crippen LogP contribution in [0, 0.1) is 0 Å². The van der Waals surface area contributed by atoms with E-state index in [4.69, 9.17) is 23.2 Å². The highest BCUT2D eigenvalue weighted by atomic mass is 35.5. The SMILES string of the molecule is Clc1ccc2c3ccccc3n(-c3ccc(-n4c5ccccc5c5ccc(Cl)cc54)cc3)c2c1. The van der Waals surface area contributed by atoms with Crippen LogP contribution in [0.15, 0.2) is 109 Å². The monoisotopic (exact) mass is 476 g/mol. The van der Waals surface area contributed by atoms with Gasteiger partial charge in [-0.2, -0.15) is 0 Å². The lowest BCUT2D eigenvalue weighted by Crippen LogP contribution is -1.97. The Morgan fingerprint density at radius 3 is 1.21 bits per heavy atom. The molecule has 0 saturated carbocycles. The molecular weight excluding hydrogens is 459 g/mol. The fourth-order valence-electron chi connectivity index (χ4n) is 5.19. The van der Waals surface area contributed by atoms with Crippen LogP contribution >= 0.6 is 23.2 Å². The van der Waals surface area contributed by atoms with Crippen molar-refractivity contribution in [1.82, 2.24) is 9.13 Å². The molecule has 0 atom stereocenters. The molecule has 0 aliphatic carbocycles. The molecule has 0 spiro atoms. The fraction of sp³-hybridized carbons (Fsp3) is 0. The summed E-state index contributed by atoms with van der Waals surface area (Å²) >= 11 is 12.8. The zero-order chi connectivity index (χ0) is 22.8. The molecule has 0 radical (unpaired) electrons. The Hall–Kier alpha value is -3.72. The molecule has 2 aromatic heterocycles. The van der Waals surface area contributed by atoms with E-state index in [0.717, 1.165) is 43.5 Å². The van der Waals surface area contributed by atoms with Crippen molar-refractivity contribution in [3.05, 3.63) is 119 Å².